The monoisotopic (exact) mass is 697 g/mol. The zero-order valence-corrected chi connectivity index (χ0v) is 33.4. The zero-order valence-electron chi connectivity index (χ0n) is 29.9. The third kappa shape index (κ3) is 7.10. The van der Waals surface area contributed by atoms with Crippen molar-refractivity contribution in [1.29, 1.82) is 0 Å². The molecule has 0 bridgehead atoms. The average Bonchev–Trinajstić information content (AvgIpc) is 3.53. The van der Waals surface area contributed by atoms with Gasteiger partial charge in [0.1, 0.15) is 0 Å². The van der Waals surface area contributed by atoms with Crippen molar-refractivity contribution in [3.05, 3.63) is 130 Å². The van der Waals surface area contributed by atoms with Crippen LogP contribution >= 0.6 is 0 Å². The Hall–Kier alpha value is -2.67. The second-order valence-electron chi connectivity index (χ2n) is 15.2. The molecule has 2 radical (unpaired) electrons. The van der Waals surface area contributed by atoms with Gasteiger partial charge in [-0.3, -0.25) is 0 Å². The van der Waals surface area contributed by atoms with Gasteiger partial charge in [-0.15, -0.1) is 40.1 Å². The van der Waals surface area contributed by atoms with E-state index in [4.69, 9.17) is 0 Å². The van der Waals surface area contributed by atoms with Crippen LogP contribution in [-0.2, 0) is 37.0 Å². The van der Waals surface area contributed by atoms with Gasteiger partial charge in [0, 0.05) is 35.7 Å². The molecule has 0 fully saturated rings. The van der Waals surface area contributed by atoms with Crippen molar-refractivity contribution in [2.45, 2.75) is 98.1 Å². The van der Waals surface area contributed by atoms with Crippen LogP contribution in [0.2, 0.25) is 13.1 Å². The topological polar surface area (TPSA) is 0 Å². The summed E-state index contributed by atoms with van der Waals surface area (Å²) in [6.45, 7) is 25.0. The minimum Gasteiger partial charge on any atom is -0.149 e. The van der Waals surface area contributed by atoms with Crippen LogP contribution < -0.4 is 0 Å². The molecule has 5 aromatic carbocycles. The van der Waals surface area contributed by atoms with Crippen LogP contribution in [-0.4, -0.2) is 9.52 Å². The van der Waals surface area contributed by atoms with Crippen LogP contribution in [0.1, 0.15) is 108 Å². The summed E-state index contributed by atoms with van der Waals surface area (Å²) in [5.74, 6) is 0.687. The Morgan fingerprint density at radius 2 is 1.15 bits per heavy atom. The Morgan fingerprint density at radius 1 is 0.674 bits per heavy atom. The van der Waals surface area contributed by atoms with Crippen LogP contribution in [0.5, 0.6) is 0 Å². The fourth-order valence-corrected chi connectivity index (χ4v) is 6.90. The van der Waals surface area contributed by atoms with E-state index in [9.17, 15) is 0 Å². The molecule has 0 heterocycles. The predicted octanol–water partition coefficient (Wildman–Crippen LogP) is 12.9. The quantitative estimate of drug-likeness (QED) is 0.129. The van der Waals surface area contributed by atoms with E-state index in [0.717, 1.165) is 9.52 Å². The third-order valence-corrected chi connectivity index (χ3v) is 9.30. The molecule has 1 aliphatic rings. The van der Waals surface area contributed by atoms with Crippen molar-refractivity contribution in [3.8, 4) is 22.3 Å². The number of rotatable bonds is 4. The predicted molar refractivity (Wildman–Crippen MR) is 201 cm³/mol. The van der Waals surface area contributed by atoms with E-state index >= 15 is 0 Å². The van der Waals surface area contributed by atoms with Gasteiger partial charge in [-0.25, -0.2) is 0 Å². The molecule has 1 aliphatic carbocycles. The molecule has 0 N–H and O–H groups in total. The van der Waals surface area contributed by atoms with E-state index in [2.05, 4.69) is 172 Å². The molecule has 0 nitrogen and oxygen atoms in total. The maximum Gasteiger partial charge on any atom is 0.0307 e. The third-order valence-electron chi connectivity index (χ3n) is 9.30. The number of allylic oxidation sites excluding steroid dienone is 1. The van der Waals surface area contributed by atoms with Gasteiger partial charge < -0.3 is 0 Å². The first-order chi connectivity index (χ1) is 21.3. The molecule has 0 aliphatic heterocycles. The van der Waals surface area contributed by atoms with Crippen LogP contribution in [0.3, 0.4) is 0 Å². The Bertz CT molecular complexity index is 1820. The van der Waals surface area contributed by atoms with E-state index < -0.39 is 0 Å². The molecular weight excluding hydrogens is 648 g/mol. The Kier molecular flexibility index (Phi) is 11.2. The van der Waals surface area contributed by atoms with Crippen LogP contribution in [0, 0.1) is 0 Å². The fraction of sp³-hybridized carbons (Fsp3) is 0.341. The van der Waals surface area contributed by atoms with Crippen molar-refractivity contribution in [1.82, 2.24) is 0 Å². The smallest absolute Gasteiger partial charge is 0.0307 e. The molecule has 0 aromatic heterocycles. The standard InChI is InChI=1S/C42H45.C2H6Si.Zr/c1-26(2)36-25-30-12-10-14-34(29-18-22-32(23-19-29)42(7,8)9)39(30)40(36)38-27(3)24-37-33(13-11-15-35(37)38)28-16-20-31(21-17-28)41(4,5)6;1-3-2;/h10-26,38H,1-9H3;1-2H3;/q-1;;. The summed E-state index contributed by atoms with van der Waals surface area (Å²) in [6, 6.07) is 34.7. The van der Waals surface area contributed by atoms with Crippen LogP contribution in [0.4, 0.5) is 0 Å². The maximum absolute atomic E-state index is 2.46. The first-order valence-corrected chi connectivity index (χ1v) is 18.6. The van der Waals surface area contributed by atoms with Crippen molar-refractivity contribution in [3.63, 3.8) is 0 Å². The number of hydrogen-bond acceptors (Lipinski definition) is 0. The molecule has 6 rings (SSSR count). The van der Waals surface area contributed by atoms with Gasteiger partial charge in [0.2, 0.25) is 0 Å². The van der Waals surface area contributed by atoms with E-state index in [1.165, 1.54) is 72.0 Å². The SMILES string of the molecule is CC1=Cc2c(-c3ccc(C(C)(C)C)cc3)cccc2C1c1c(C(C)C)[cH-]c2cccc(-c3ccc(C(C)(C)C)cc3)c12.C[Si]C.[Zr]. The van der Waals surface area contributed by atoms with E-state index in [-0.39, 0.29) is 43.0 Å². The largest absolute Gasteiger partial charge is 0.149 e. The van der Waals surface area contributed by atoms with E-state index in [1.807, 2.05) is 0 Å². The first kappa shape index (κ1) is 36.2. The van der Waals surface area contributed by atoms with Gasteiger partial charge in [0.15, 0.2) is 0 Å². The number of fused-ring (bicyclic) bond motifs is 2. The van der Waals surface area contributed by atoms with Gasteiger partial charge >= 0.3 is 0 Å². The van der Waals surface area contributed by atoms with Gasteiger partial charge in [-0.2, -0.15) is 0 Å². The molecule has 2 heteroatoms. The van der Waals surface area contributed by atoms with E-state index in [1.54, 1.807) is 0 Å². The normalized spacial score (nSPS) is 14.4. The first-order valence-electron chi connectivity index (χ1n) is 16.6. The molecule has 46 heavy (non-hydrogen) atoms. The van der Waals surface area contributed by atoms with Crippen molar-refractivity contribution in [2.24, 2.45) is 0 Å². The second-order valence-corrected chi connectivity index (χ2v) is 16.2. The summed E-state index contributed by atoms with van der Waals surface area (Å²) in [5, 5.41) is 2.76. The van der Waals surface area contributed by atoms with Gasteiger partial charge in [-0.05, 0) is 68.5 Å². The van der Waals surface area contributed by atoms with Crippen LogP contribution in [0.15, 0.2) is 96.6 Å². The zero-order chi connectivity index (χ0) is 32.7. The second kappa shape index (κ2) is 14.2. The summed E-state index contributed by atoms with van der Waals surface area (Å²) < 4.78 is 0. The molecule has 0 saturated heterocycles. The molecule has 0 saturated carbocycles. The van der Waals surface area contributed by atoms with Gasteiger partial charge in [0.05, 0.1) is 0 Å². The van der Waals surface area contributed by atoms with Gasteiger partial charge in [0.25, 0.3) is 0 Å². The minimum atomic E-state index is 0. The molecule has 1 unspecified atom stereocenters. The maximum atomic E-state index is 2.46. The van der Waals surface area contributed by atoms with Crippen molar-refractivity contribution in [2.75, 3.05) is 0 Å². The summed E-state index contributed by atoms with van der Waals surface area (Å²) in [6.07, 6.45) is 2.46. The van der Waals surface area contributed by atoms with Crippen LogP contribution in [0.25, 0.3) is 39.1 Å². The molecular formula is C44H51SiZr-. The Labute approximate surface area is 301 Å². The summed E-state index contributed by atoms with van der Waals surface area (Å²) >= 11 is 0. The molecule has 5 aromatic rings. The van der Waals surface area contributed by atoms with Crippen molar-refractivity contribution >= 4 is 26.4 Å². The molecule has 236 valence electrons. The number of hydrogen-bond donors (Lipinski definition) is 0. The summed E-state index contributed by atoms with van der Waals surface area (Å²) in [4.78, 5) is 0. The fourth-order valence-electron chi connectivity index (χ4n) is 6.90. The van der Waals surface area contributed by atoms with Crippen molar-refractivity contribution < 1.29 is 26.2 Å². The number of benzene rings is 4. The molecule has 1 atom stereocenters. The summed E-state index contributed by atoms with van der Waals surface area (Å²) in [7, 11) is 1.08. The molecule has 0 amide bonds. The Morgan fingerprint density at radius 3 is 1.65 bits per heavy atom. The summed E-state index contributed by atoms with van der Waals surface area (Å²) in [5.41, 5.74) is 15.5. The van der Waals surface area contributed by atoms with E-state index in [0.29, 0.717) is 5.92 Å². The molecule has 0 spiro atoms. The Balaban J connectivity index is 0.00000116. The van der Waals surface area contributed by atoms with Gasteiger partial charge in [-0.1, -0.05) is 158 Å². The average molecular weight is 699 g/mol. The minimum absolute atomic E-state index is 0.